The van der Waals surface area contributed by atoms with E-state index in [9.17, 15) is 0 Å². The third-order valence-electron chi connectivity index (χ3n) is 4.03. The van der Waals surface area contributed by atoms with E-state index < -0.39 is 0 Å². The molecule has 128 valence electrons. The average Bonchev–Trinajstić information content (AvgIpc) is 2.49. The lowest BCUT2D eigenvalue weighted by Gasteiger charge is -2.18. The molecule has 0 rings (SSSR count). The summed E-state index contributed by atoms with van der Waals surface area (Å²) in [5, 5.41) is 9.10. The van der Waals surface area contributed by atoms with E-state index in [0.29, 0.717) is 17.1 Å². The van der Waals surface area contributed by atoms with Crippen LogP contribution in [-0.4, -0.2) is 22.4 Å². The highest BCUT2D eigenvalue weighted by atomic mass is 32.1. The topological polar surface area (TPSA) is 29.5 Å². The Morgan fingerprint density at radius 2 is 1.14 bits per heavy atom. The van der Waals surface area contributed by atoms with Gasteiger partial charge in [-0.25, -0.2) is 4.89 Å². The van der Waals surface area contributed by atoms with Crippen LogP contribution in [0.15, 0.2) is 0 Å². The Labute approximate surface area is 143 Å². The van der Waals surface area contributed by atoms with Gasteiger partial charge in [-0.05, 0) is 19.3 Å². The van der Waals surface area contributed by atoms with E-state index in [1.165, 1.54) is 70.6 Å². The highest BCUT2D eigenvalue weighted by molar-refractivity contribution is 7.85. The van der Waals surface area contributed by atoms with Crippen molar-refractivity contribution in [2.24, 2.45) is 0 Å². The maximum absolute atomic E-state index is 8.22. The summed E-state index contributed by atoms with van der Waals surface area (Å²) < 4.78 is 0. The first-order chi connectivity index (χ1) is 10.2. The first-order valence-electron chi connectivity index (χ1n) is 8.84. The van der Waals surface area contributed by atoms with Crippen LogP contribution in [0, 0.1) is 0 Å². The van der Waals surface area contributed by atoms with Gasteiger partial charge in [-0.15, -0.1) is 0 Å². The fourth-order valence-electron chi connectivity index (χ4n) is 2.57. The standard InChI is InChI=1S/C17H36O2S2/c1-2-3-4-5-7-10-13-16(20)17(21)14-11-8-6-9-12-15-19-18/h16-18,20-21H,2-15H2,1H3. The molecule has 0 aliphatic carbocycles. The van der Waals surface area contributed by atoms with Crippen molar-refractivity contribution in [3.63, 3.8) is 0 Å². The summed E-state index contributed by atoms with van der Waals surface area (Å²) in [6.45, 7) is 2.72. The monoisotopic (exact) mass is 336 g/mol. The number of rotatable bonds is 16. The molecule has 2 unspecified atom stereocenters. The Balaban J connectivity index is 3.34. The second-order valence-corrected chi connectivity index (χ2v) is 7.41. The fraction of sp³-hybridized carbons (Fsp3) is 1.00. The molecule has 2 nitrogen and oxygen atoms in total. The normalized spacial score (nSPS) is 14.3. The summed E-state index contributed by atoms with van der Waals surface area (Å²) in [4.78, 5) is 4.06. The van der Waals surface area contributed by atoms with Gasteiger partial charge in [-0.1, -0.05) is 71.1 Å². The van der Waals surface area contributed by atoms with Crippen LogP contribution in [-0.2, 0) is 4.89 Å². The first-order valence-corrected chi connectivity index (χ1v) is 9.88. The lowest BCUT2D eigenvalue weighted by molar-refractivity contribution is -0.242. The van der Waals surface area contributed by atoms with E-state index in [1.54, 1.807) is 0 Å². The molecule has 0 aromatic rings. The Kier molecular flexibility index (Phi) is 17.5. The van der Waals surface area contributed by atoms with Gasteiger partial charge < -0.3 is 0 Å². The van der Waals surface area contributed by atoms with E-state index in [2.05, 4.69) is 11.8 Å². The fourth-order valence-corrected chi connectivity index (χ4v) is 3.23. The lowest BCUT2D eigenvalue weighted by atomic mass is 10.0. The molecule has 4 heteroatoms. The third-order valence-corrected chi connectivity index (χ3v) is 5.50. The summed E-state index contributed by atoms with van der Waals surface area (Å²) in [5.74, 6) is 0. The molecule has 0 aromatic heterocycles. The van der Waals surface area contributed by atoms with Crippen LogP contribution >= 0.6 is 25.3 Å². The highest BCUT2D eigenvalue weighted by Gasteiger charge is 2.13. The molecule has 2 atom stereocenters. The SMILES string of the molecule is CCCCCCCCC(S)C(S)CCCCCCCOO. The summed E-state index contributed by atoms with van der Waals surface area (Å²) in [5.41, 5.74) is 0. The number of hydrogen-bond acceptors (Lipinski definition) is 4. The molecular weight excluding hydrogens is 300 g/mol. The van der Waals surface area contributed by atoms with Gasteiger partial charge in [0.05, 0.1) is 6.61 Å². The van der Waals surface area contributed by atoms with E-state index in [0.717, 1.165) is 12.8 Å². The third kappa shape index (κ3) is 15.3. The zero-order chi connectivity index (χ0) is 15.8. The molecule has 0 radical (unpaired) electrons. The molecule has 21 heavy (non-hydrogen) atoms. The Bertz CT molecular complexity index is 203. The van der Waals surface area contributed by atoms with Crippen molar-refractivity contribution in [3.8, 4) is 0 Å². The van der Waals surface area contributed by atoms with Crippen molar-refractivity contribution in [1.82, 2.24) is 0 Å². The van der Waals surface area contributed by atoms with Gasteiger partial charge in [0.25, 0.3) is 0 Å². The smallest absolute Gasteiger partial charge is 0.0819 e. The maximum atomic E-state index is 8.22. The van der Waals surface area contributed by atoms with Crippen LogP contribution < -0.4 is 0 Å². The van der Waals surface area contributed by atoms with Gasteiger partial charge in [0.1, 0.15) is 0 Å². The summed E-state index contributed by atoms with van der Waals surface area (Å²) in [6.07, 6.45) is 16.3. The Morgan fingerprint density at radius 1 is 0.714 bits per heavy atom. The van der Waals surface area contributed by atoms with Crippen LogP contribution in [0.2, 0.25) is 0 Å². The zero-order valence-corrected chi connectivity index (χ0v) is 15.6. The summed E-state index contributed by atoms with van der Waals surface area (Å²) >= 11 is 9.43. The van der Waals surface area contributed by atoms with Crippen molar-refractivity contribution in [1.29, 1.82) is 0 Å². The van der Waals surface area contributed by atoms with Crippen molar-refractivity contribution in [2.45, 2.75) is 101 Å². The second-order valence-electron chi connectivity index (χ2n) is 6.08. The molecule has 0 aliphatic heterocycles. The molecule has 0 bridgehead atoms. The van der Waals surface area contributed by atoms with Gasteiger partial charge in [0.2, 0.25) is 0 Å². The van der Waals surface area contributed by atoms with Gasteiger partial charge in [0, 0.05) is 10.5 Å². The molecule has 0 heterocycles. The minimum absolute atomic E-state index is 0.435. The van der Waals surface area contributed by atoms with E-state index in [-0.39, 0.29) is 0 Å². The van der Waals surface area contributed by atoms with Crippen LogP contribution in [0.4, 0.5) is 0 Å². The van der Waals surface area contributed by atoms with Crippen LogP contribution in [0.25, 0.3) is 0 Å². The molecule has 0 spiro atoms. The number of unbranched alkanes of at least 4 members (excludes halogenated alkanes) is 9. The van der Waals surface area contributed by atoms with Crippen molar-refractivity contribution < 1.29 is 10.1 Å². The number of hydrogen-bond donors (Lipinski definition) is 3. The predicted octanol–water partition coefficient (Wildman–Crippen LogP) is 6.16. The van der Waals surface area contributed by atoms with Gasteiger partial charge in [0.15, 0.2) is 0 Å². The van der Waals surface area contributed by atoms with Crippen LogP contribution in [0.3, 0.4) is 0 Å². The minimum Gasteiger partial charge on any atom is -0.252 e. The molecule has 0 aliphatic rings. The maximum Gasteiger partial charge on any atom is 0.0819 e. The summed E-state index contributed by atoms with van der Waals surface area (Å²) in [7, 11) is 0. The van der Waals surface area contributed by atoms with E-state index in [4.69, 9.17) is 30.5 Å². The largest absolute Gasteiger partial charge is 0.252 e. The van der Waals surface area contributed by atoms with Gasteiger partial charge in [-0.2, -0.15) is 25.3 Å². The predicted molar refractivity (Wildman–Crippen MR) is 99.8 cm³/mol. The van der Waals surface area contributed by atoms with Crippen LogP contribution in [0.1, 0.15) is 90.4 Å². The van der Waals surface area contributed by atoms with E-state index in [1.807, 2.05) is 0 Å². The highest BCUT2D eigenvalue weighted by Crippen LogP contribution is 2.22. The van der Waals surface area contributed by atoms with E-state index >= 15 is 0 Å². The van der Waals surface area contributed by atoms with Crippen LogP contribution in [0.5, 0.6) is 0 Å². The van der Waals surface area contributed by atoms with Gasteiger partial charge >= 0.3 is 0 Å². The molecule has 1 N–H and O–H groups in total. The van der Waals surface area contributed by atoms with Crippen molar-refractivity contribution in [2.75, 3.05) is 6.61 Å². The lowest BCUT2D eigenvalue weighted by Crippen LogP contribution is -2.15. The van der Waals surface area contributed by atoms with Gasteiger partial charge in [-0.3, -0.25) is 5.26 Å². The Hall–Kier alpha value is 0.620. The quantitative estimate of drug-likeness (QED) is 0.136. The van der Waals surface area contributed by atoms with Crippen molar-refractivity contribution in [3.05, 3.63) is 0 Å². The molecule has 0 saturated heterocycles. The second kappa shape index (κ2) is 17.0. The zero-order valence-electron chi connectivity index (χ0n) is 13.8. The molecule has 0 amide bonds. The molecular formula is C17H36O2S2. The molecule has 0 saturated carbocycles. The average molecular weight is 337 g/mol. The van der Waals surface area contributed by atoms with Crippen molar-refractivity contribution >= 4 is 25.3 Å². The number of thiol groups is 2. The first kappa shape index (κ1) is 21.6. The summed E-state index contributed by atoms with van der Waals surface area (Å²) in [6, 6.07) is 0. The molecule has 0 aromatic carbocycles. The molecule has 0 fully saturated rings. The minimum atomic E-state index is 0.435. The Morgan fingerprint density at radius 3 is 1.62 bits per heavy atom.